The minimum Gasteiger partial charge on any atom is -0.493 e. The van der Waals surface area contributed by atoms with Gasteiger partial charge in [0.25, 0.3) is 5.91 Å². The third kappa shape index (κ3) is 6.03. The number of nitro groups is 1. The van der Waals surface area contributed by atoms with E-state index in [-0.39, 0.29) is 24.5 Å². The molecule has 0 saturated carbocycles. The van der Waals surface area contributed by atoms with Crippen LogP contribution < -0.4 is 14.9 Å². The minimum atomic E-state index is -0.519. The first kappa shape index (κ1) is 25.0. The maximum absolute atomic E-state index is 12.2. The highest BCUT2D eigenvalue weighted by atomic mass is 35.5. The molecule has 0 unspecified atom stereocenters. The molecule has 0 aliphatic carbocycles. The standard InChI is InChI=1S/C22H21Cl2N5O5/c1-13-22(29(31)32)14(2)28(27-13)11-21(30)26-25-10-15-4-7-19(20(8-15)33-3)34-12-16-5-6-17(23)9-18(16)24/h4-10H,11-12H2,1-3H3,(H,26,30)/b25-10+. The van der Waals surface area contributed by atoms with E-state index in [1.54, 1.807) is 36.4 Å². The summed E-state index contributed by atoms with van der Waals surface area (Å²) in [4.78, 5) is 22.7. The Balaban J connectivity index is 1.61. The highest BCUT2D eigenvalue weighted by Crippen LogP contribution is 2.30. The summed E-state index contributed by atoms with van der Waals surface area (Å²) in [7, 11) is 1.51. The molecule has 0 saturated heterocycles. The number of hydrogen-bond donors (Lipinski definition) is 1. The summed E-state index contributed by atoms with van der Waals surface area (Å²) in [5.74, 6) is 0.486. The van der Waals surface area contributed by atoms with Crippen LogP contribution in [0.5, 0.6) is 11.5 Å². The van der Waals surface area contributed by atoms with Gasteiger partial charge < -0.3 is 9.47 Å². The first-order chi connectivity index (χ1) is 16.2. The number of rotatable bonds is 9. The lowest BCUT2D eigenvalue weighted by molar-refractivity contribution is -0.386. The molecule has 0 fully saturated rings. The number of nitrogens with zero attached hydrogens (tertiary/aromatic N) is 4. The Labute approximate surface area is 205 Å². The van der Waals surface area contributed by atoms with Gasteiger partial charge in [-0.2, -0.15) is 10.2 Å². The summed E-state index contributed by atoms with van der Waals surface area (Å²) in [5, 5.41) is 20.1. The second kappa shape index (κ2) is 11.0. The number of carbonyl (C=O) groups is 1. The molecule has 1 aromatic heterocycles. The largest absolute Gasteiger partial charge is 0.493 e. The van der Waals surface area contributed by atoms with Crippen LogP contribution in [0.2, 0.25) is 10.0 Å². The molecular weight excluding hydrogens is 485 g/mol. The van der Waals surface area contributed by atoms with Crippen molar-refractivity contribution < 1.29 is 19.2 Å². The van der Waals surface area contributed by atoms with Gasteiger partial charge in [-0.1, -0.05) is 29.3 Å². The van der Waals surface area contributed by atoms with E-state index < -0.39 is 10.8 Å². The van der Waals surface area contributed by atoms with Crippen LogP contribution in [-0.4, -0.2) is 33.9 Å². The highest BCUT2D eigenvalue weighted by Gasteiger charge is 2.22. The lowest BCUT2D eigenvalue weighted by Crippen LogP contribution is -2.24. The van der Waals surface area contributed by atoms with Crippen molar-refractivity contribution in [2.24, 2.45) is 5.10 Å². The number of nitrogens with one attached hydrogen (secondary N) is 1. The molecule has 0 atom stereocenters. The number of aromatic nitrogens is 2. The maximum Gasteiger partial charge on any atom is 0.312 e. The summed E-state index contributed by atoms with van der Waals surface area (Å²) < 4.78 is 12.5. The van der Waals surface area contributed by atoms with Gasteiger partial charge in [0.15, 0.2) is 11.5 Å². The summed E-state index contributed by atoms with van der Waals surface area (Å²) >= 11 is 12.1. The number of benzene rings is 2. The third-order valence-electron chi connectivity index (χ3n) is 4.81. The fourth-order valence-corrected chi connectivity index (χ4v) is 3.60. The van der Waals surface area contributed by atoms with Crippen molar-refractivity contribution in [3.05, 3.63) is 79.1 Å². The molecule has 0 spiro atoms. The predicted molar refractivity (Wildman–Crippen MR) is 128 cm³/mol. The monoisotopic (exact) mass is 505 g/mol. The number of amides is 1. The summed E-state index contributed by atoms with van der Waals surface area (Å²) in [6.45, 7) is 3.07. The topological polar surface area (TPSA) is 121 Å². The summed E-state index contributed by atoms with van der Waals surface area (Å²) in [5.41, 5.74) is 4.23. The molecule has 34 heavy (non-hydrogen) atoms. The smallest absolute Gasteiger partial charge is 0.312 e. The number of hydrogen-bond acceptors (Lipinski definition) is 7. The van der Waals surface area contributed by atoms with Gasteiger partial charge in [0.1, 0.15) is 24.5 Å². The molecule has 1 heterocycles. The third-order valence-corrected chi connectivity index (χ3v) is 5.40. The van der Waals surface area contributed by atoms with Crippen molar-refractivity contribution in [1.82, 2.24) is 15.2 Å². The van der Waals surface area contributed by atoms with Crippen molar-refractivity contribution in [2.75, 3.05) is 7.11 Å². The van der Waals surface area contributed by atoms with E-state index in [1.165, 1.54) is 31.9 Å². The van der Waals surface area contributed by atoms with E-state index in [2.05, 4.69) is 15.6 Å². The first-order valence-corrected chi connectivity index (χ1v) is 10.7. The van der Waals surface area contributed by atoms with Gasteiger partial charge in [-0.25, -0.2) is 5.43 Å². The number of hydrazone groups is 1. The number of halogens is 2. The maximum atomic E-state index is 12.2. The summed E-state index contributed by atoms with van der Waals surface area (Å²) in [6.07, 6.45) is 1.43. The second-order valence-corrected chi connectivity index (χ2v) is 8.01. The van der Waals surface area contributed by atoms with Crippen LogP contribution in [0.25, 0.3) is 0 Å². The zero-order chi connectivity index (χ0) is 24.8. The van der Waals surface area contributed by atoms with E-state index in [0.717, 1.165) is 5.56 Å². The molecule has 0 bridgehead atoms. The van der Waals surface area contributed by atoms with Crippen LogP contribution in [0.4, 0.5) is 5.69 Å². The van der Waals surface area contributed by atoms with Gasteiger partial charge in [-0.05, 0) is 49.7 Å². The molecule has 178 valence electrons. The molecule has 0 aliphatic heterocycles. The Morgan fingerprint density at radius 3 is 2.65 bits per heavy atom. The molecular formula is C22H21Cl2N5O5. The van der Waals surface area contributed by atoms with Gasteiger partial charge in [0, 0.05) is 15.6 Å². The van der Waals surface area contributed by atoms with Crippen molar-refractivity contribution in [1.29, 1.82) is 0 Å². The molecule has 1 amide bonds. The van der Waals surface area contributed by atoms with Gasteiger partial charge >= 0.3 is 5.69 Å². The predicted octanol–water partition coefficient (Wildman–Crippen LogP) is 4.45. The molecule has 1 N–H and O–H groups in total. The van der Waals surface area contributed by atoms with Crippen LogP contribution >= 0.6 is 23.2 Å². The van der Waals surface area contributed by atoms with Crippen LogP contribution in [-0.2, 0) is 17.9 Å². The number of carbonyl (C=O) groups excluding carboxylic acids is 1. The molecule has 3 aromatic rings. The lowest BCUT2D eigenvalue weighted by Gasteiger charge is -2.12. The van der Waals surface area contributed by atoms with E-state index in [1.807, 2.05) is 0 Å². The van der Waals surface area contributed by atoms with Crippen molar-refractivity contribution >= 4 is 41.0 Å². The average Bonchev–Trinajstić information content (AvgIpc) is 3.06. The van der Waals surface area contributed by atoms with Crippen LogP contribution in [0.1, 0.15) is 22.5 Å². The summed E-state index contributed by atoms with van der Waals surface area (Å²) in [6, 6.07) is 10.3. The minimum absolute atomic E-state index is 0.107. The molecule has 0 aliphatic rings. The zero-order valence-electron chi connectivity index (χ0n) is 18.5. The fraction of sp³-hybridized carbons (Fsp3) is 0.227. The quantitative estimate of drug-likeness (QED) is 0.260. The Kier molecular flexibility index (Phi) is 8.08. The van der Waals surface area contributed by atoms with Gasteiger partial charge in [0.05, 0.1) is 18.2 Å². The van der Waals surface area contributed by atoms with Gasteiger partial charge in [-0.3, -0.25) is 19.6 Å². The van der Waals surface area contributed by atoms with E-state index in [9.17, 15) is 14.9 Å². The van der Waals surface area contributed by atoms with Crippen molar-refractivity contribution in [3.63, 3.8) is 0 Å². The normalized spacial score (nSPS) is 11.0. The van der Waals surface area contributed by atoms with E-state index in [0.29, 0.717) is 32.8 Å². The second-order valence-electron chi connectivity index (χ2n) is 7.16. The van der Waals surface area contributed by atoms with Gasteiger partial charge in [0.2, 0.25) is 0 Å². The Bertz CT molecular complexity index is 1260. The number of aryl methyl sites for hydroxylation is 1. The van der Waals surface area contributed by atoms with Crippen LogP contribution in [0.15, 0.2) is 41.5 Å². The Morgan fingerprint density at radius 1 is 1.24 bits per heavy atom. The zero-order valence-corrected chi connectivity index (χ0v) is 20.1. The first-order valence-electron chi connectivity index (χ1n) is 9.94. The highest BCUT2D eigenvalue weighted by molar-refractivity contribution is 6.35. The molecule has 10 nitrogen and oxygen atoms in total. The SMILES string of the molecule is COc1cc(/C=N/NC(=O)Cn2nc(C)c([N+](=O)[O-])c2C)ccc1OCc1ccc(Cl)cc1Cl. The van der Waals surface area contributed by atoms with E-state index >= 15 is 0 Å². The average molecular weight is 506 g/mol. The van der Waals surface area contributed by atoms with Crippen molar-refractivity contribution in [2.45, 2.75) is 27.0 Å². The fourth-order valence-electron chi connectivity index (χ4n) is 3.13. The number of methoxy groups -OCH3 is 1. The molecule has 2 aromatic carbocycles. The molecule has 0 radical (unpaired) electrons. The molecule has 3 rings (SSSR count). The Morgan fingerprint density at radius 2 is 2.00 bits per heavy atom. The Hall–Kier alpha value is -3.63. The van der Waals surface area contributed by atoms with E-state index in [4.69, 9.17) is 32.7 Å². The lowest BCUT2D eigenvalue weighted by atomic mass is 10.2. The van der Waals surface area contributed by atoms with Gasteiger partial charge in [-0.15, -0.1) is 0 Å². The number of ether oxygens (including phenoxy) is 2. The van der Waals surface area contributed by atoms with Crippen molar-refractivity contribution in [3.8, 4) is 11.5 Å². The van der Waals surface area contributed by atoms with Crippen LogP contribution in [0, 0.1) is 24.0 Å². The molecule has 12 heteroatoms. The van der Waals surface area contributed by atoms with Crippen LogP contribution in [0.3, 0.4) is 0 Å².